The first-order valence-electron chi connectivity index (χ1n) is 5.90. The second kappa shape index (κ2) is 6.75. The van der Waals surface area contributed by atoms with Crippen molar-refractivity contribution in [3.8, 4) is 5.75 Å². The zero-order valence-electron chi connectivity index (χ0n) is 10.6. The Kier molecular flexibility index (Phi) is 4.75. The standard InChI is InChI=1S/C15H15NO2S/c1-18-13-6-4-12(5-7-13)11-16-15(17)9-8-14-3-2-10-19-14/h2-10H,11H2,1H3,(H,16,17)/b9-8+. The fourth-order valence-corrected chi connectivity index (χ4v) is 2.15. The number of hydrogen-bond donors (Lipinski definition) is 1. The van der Waals surface area contributed by atoms with E-state index in [2.05, 4.69) is 5.32 Å². The second-order valence-electron chi connectivity index (χ2n) is 3.91. The van der Waals surface area contributed by atoms with Gasteiger partial charge in [0.25, 0.3) is 0 Å². The first-order chi connectivity index (χ1) is 9.28. The molecule has 4 heteroatoms. The molecule has 0 aliphatic rings. The normalized spacial score (nSPS) is 10.6. The molecule has 2 rings (SSSR count). The molecule has 0 fully saturated rings. The summed E-state index contributed by atoms with van der Waals surface area (Å²) in [6, 6.07) is 11.5. The van der Waals surface area contributed by atoms with E-state index in [0.29, 0.717) is 6.54 Å². The molecule has 0 unspecified atom stereocenters. The van der Waals surface area contributed by atoms with E-state index in [9.17, 15) is 4.79 Å². The summed E-state index contributed by atoms with van der Waals surface area (Å²) in [7, 11) is 1.63. The maximum atomic E-state index is 11.6. The van der Waals surface area contributed by atoms with E-state index < -0.39 is 0 Å². The van der Waals surface area contributed by atoms with Crippen LogP contribution >= 0.6 is 11.3 Å². The zero-order chi connectivity index (χ0) is 13.5. The van der Waals surface area contributed by atoms with Gasteiger partial charge in [0.2, 0.25) is 5.91 Å². The van der Waals surface area contributed by atoms with Gasteiger partial charge in [0.15, 0.2) is 0 Å². The van der Waals surface area contributed by atoms with E-state index in [4.69, 9.17) is 4.74 Å². The van der Waals surface area contributed by atoms with Crippen LogP contribution in [0.25, 0.3) is 6.08 Å². The first-order valence-corrected chi connectivity index (χ1v) is 6.78. The van der Waals surface area contributed by atoms with Crippen molar-refractivity contribution in [2.75, 3.05) is 7.11 Å². The van der Waals surface area contributed by atoms with Crippen LogP contribution in [-0.2, 0) is 11.3 Å². The molecule has 3 nitrogen and oxygen atoms in total. The number of methoxy groups -OCH3 is 1. The lowest BCUT2D eigenvalue weighted by atomic mass is 10.2. The van der Waals surface area contributed by atoms with Crippen LogP contribution < -0.4 is 10.1 Å². The lowest BCUT2D eigenvalue weighted by Crippen LogP contribution is -2.20. The molecule has 1 heterocycles. The summed E-state index contributed by atoms with van der Waals surface area (Å²) in [6.07, 6.45) is 3.36. The summed E-state index contributed by atoms with van der Waals surface area (Å²) in [5.41, 5.74) is 1.04. The molecule has 1 aromatic heterocycles. The van der Waals surface area contributed by atoms with Crippen molar-refractivity contribution in [1.82, 2.24) is 5.32 Å². The Hall–Kier alpha value is -2.07. The Morgan fingerprint density at radius 1 is 1.32 bits per heavy atom. The molecular weight excluding hydrogens is 258 g/mol. The second-order valence-corrected chi connectivity index (χ2v) is 4.89. The molecule has 0 aliphatic heterocycles. The monoisotopic (exact) mass is 273 g/mol. The molecule has 19 heavy (non-hydrogen) atoms. The van der Waals surface area contributed by atoms with Crippen molar-refractivity contribution in [2.24, 2.45) is 0 Å². The third-order valence-corrected chi connectivity index (χ3v) is 3.41. The average molecular weight is 273 g/mol. The minimum atomic E-state index is -0.0933. The van der Waals surface area contributed by atoms with Crippen molar-refractivity contribution in [2.45, 2.75) is 6.54 Å². The van der Waals surface area contributed by atoms with Crippen LogP contribution in [0.5, 0.6) is 5.75 Å². The van der Waals surface area contributed by atoms with Crippen LogP contribution in [0, 0.1) is 0 Å². The topological polar surface area (TPSA) is 38.3 Å². The summed E-state index contributed by atoms with van der Waals surface area (Å²) in [5, 5.41) is 4.82. The van der Waals surface area contributed by atoms with Crippen LogP contribution in [0.4, 0.5) is 0 Å². The Balaban J connectivity index is 1.82. The largest absolute Gasteiger partial charge is 0.497 e. The predicted octanol–water partition coefficient (Wildman–Crippen LogP) is 3.09. The van der Waals surface area contributed by atoms with Gasteiger partial charge < -0.3 is 10.1 Å². The summed E-state index contributed by atoms with van der Waals surface area (Å²) in [6.45, 7) is 0.512. The SMILES string of the molecule is COc1ccc(CNC(=O)/C=C/c2cccs2)cc1. The van der Waals surface area contributed by atoms with E-state index >= 15 is 0 Å². The van der Waals surface area contributed by atoms with Gasteiger partial charge in [-0.05, 0) is 35.2 Å². The zero-order valence-corrected chi connectivity index (χ0v) is 11.4. The Morgan fingerprint density at radius 3 is 2.74 bits per heavy atom. The summed E-state index contributed by atoms with van der Waals surface area (Å²) in [5.74, 6) is 0.719. The van der Waals surface area contributed by atoms with Crippen LogP contribution in [0.3, 0.4) is 0 Å². The lowest BCUT2D eigenvalue weighted by Gasteiger charge is -2.04. The molecular formula is C15H15NO2S. The fourth-order valence-electron chi connectivity index (χ4n) is 1.54. The third-order valence-electron chi connectivity index (χ3n) is 2.57. The Bertz CT molecular complexity index is 544. The van der Waals surface area contributed by atoms with Gasteiger partial charge >= 0.3 is 0 Å². The first kappa shape index (κ1) is 13.4. The van der Waals surface area contributed by atoms with E-state index in [0.717, 1.165) is 16.2 Å². The summed E-state index contributed by atoms with van der Waals surface area (Å²) < 4.78 is 5.08. The maximum absolute atomic E-state index is 11.6. The van der Waals surface area contributed by atoms with Crippen molar-refractivity contribution in [1.29, 1.82) is 0 Å². The van der Waals surface area contributed by atoms with Gasteiger partial charge in [-0.25, -0.2) is 0 Å². The van der Waals surface area contributed by atoms with E-state index in [-0.39, 0.29) is 5.91 Å². The molecule has 0 atom stereocenters. The van der Waals surface area contributed by atoms with Gasteiger partial charge in [0.05, 0.1) is 7.11 Å². The van der Waals surface area contributed by atoms with Crippen molar-refractivity contribution < 1.29 is 9.53 Å². The quantitative estimate of drug-likeness (QED) is 0.850. The lowest BCUT2D eigenvalue weighted by molar-refractivity contribution is -0.116. The van der Waals surface area contributed by atoms with Crippen LogP contribution in [0.1, 0.15) is 10.4 Å². The summed E-state index contributed by atoms with van der Waals surface area (Å²) in [4.78, 5) is 12.7. The average Bonchev–Trinajstić information content (AvgIpc) is 2.96. The number of carbonyl (C=O) groups is 1. The van der Waals surface area contributed by atoms with Crippen molar-refractivity contribution in [3.05, 3.63) is 58.3 Å². The Morgan fingerprint density at radius 2 is 2.11 bits per heavy atom. The van der Waals surface area contributed by atoms with Gasteiger partial charge in [-0.1, -0.05) is 18.2 Å². The third kappa shape index (κ3) is 4.26. The van der Waals surface area contributed by atoms with Crippen LogP contribution in [-0.4, -0.2) is 13.0 Å². The minimum Gasteiger partial charge on any atom is -0.497 e. The van der Waals surface area contributed by atoms with Crippen molar-refractivity contribution >= 4 is 23.3 Å². The van der Waals surface area contributed by atoms with E-state index in [1.807, 2.05) is 47.9 Å². The molecule has 2 aromatic rings. The highest BCUT2D eigenvalue weighted by molar-refractivity contribution is 7.10. The van der Waals surface area contributed by atoms with Gasteiger partial charge in [0.1, 0.15) is 5.75 Å². The van der Waals surface area contributed by atoms with E-state index in [1.54, 1.807) is 24.5 Å². The van der Waals surface area contributed by atoms with Crippen LogP contribution in [0.15, 0.2) is 47.9 Å². The number of amides is 1. The minimum absolute atomic E-state index is 0.0933. The number of rotatable bonds is 5. The van der Waals surface area contributed by atoms with Gasteiger partial charge in [0, 0.05) is 17.5 Å². The fraction of sp³-hybridized carbons (Fsp3) is 0.133. The van der Waals surface area contributed by atoms with Crippen LogP contribution in [0.2, 0.25) is 0 Å². The maximum Gasteiger partial charge on any atom is 0.244 e. The molecule has 0 saturated carbocycles. The van der Waals surface area contributed by atoms with Gasteiger partial charge in [-0.15, -0.1) is 11.3 Å². The van der Waals surface area contributed by atoms with E-state index in [1.165, 1.54) is 0 Å². The van der Waals surface area contributed by atoms with Crippen molar-refractivity contribution in [3.63, 3.8) is 0 Å². The number of hydrogen-bond acceptors (Lipinski definition) is 3. The molecule has 0 bridgehead atoms. The molecule has 98 valence electrons. The smallest absolute Gasteiger partial charge is 0.244 e. The highest BCUT2D eigenvalue weighted by Crippen LogP contribution is 2.11. The highest BCUT2D eigenvalue weighted by atomic mass is 32.1. The molecule has 1 N–H and O–H groups in total. The summed E-state index contributed by atoms with van der Waals surface area (Å²) >= 11 is 1.60. The molecule has 0 saturated heterocycles. The molecule has 0 radical (unpaired) electrons. The number of benzene rings is 1. The molecule has 1 amide bonds. The number of nitrogens with one attached hydrogen (secondary N) is 1. The number of carbonyl (C=O) groups excluding carboxylic acids is 1. The highest BCUT2D eigenvalue weighted by Gasteiger charge is 1.98. The van der Waals surface area contributed by atoms with Gasteiger partial charge in [-0.2, -0.15) is 0 Å². The van der Waals surface area contributed by atoms with Gasteiger partial charge in [-0.3, -0.25) is 4.79 Å². The number of ether oxygens (including phenoxy) is 1. The predicted molar refractivity (Wildman–Crippen MR) is 78.2 cm³/mol. The Labute approximate surface area is 116 Å². The molecule has 0 aliphatic carbocycles. The number of thiophene rings is 1. The molecule has 0 spiro atoms. The molecule has 1 aromatic carbocycles.